The van der Waals surface area contributed by atoms with Gasteiger partial charge in [-0.25, -0.2) is 4.39 Å². The molecule has 0 saturated carbocycles. The molecular formula is C16H25FN2O. The monoisotopic (exact) mass is 280 g/mol. The van der Waals surface area contributed by atoms with Crippen molar-refractivity contribution in [1.29, 1.82) is 0 Å². The van der Waals surface area contributed by atoms with Gasteiger partial charge in [-0.05, 0) is 32.0 Å². The Morgan fingerprint density at radius 2 is 2.05 bits per heavy atom. The normalized spacial score (nSPS) is 18.1. The van der Waals surface area contributed by atoms with Crippen LogP contribution in [0.3, 0.4) is 0 Å². The first-order valence-electron chi connectivity index (χ1n) is 7.59. The molecule has 2 rings (SSSR count). The summed E-state index contributed by atoms with van der Waals surface area (Å²) in [6.07, 6.45) is 1.99. The second-order valence-corrected chi connectivity index (χ2v) is 5.24. The van der Waals surface area contributed by atoms with E-state index in [1.165, 1.54) is 6.07 Å². The zero-order chi connectivity index (χ0) is 14.2. The summed E-state index contributed by atoms with van der Waals surface area (Å²) in [6, 6.07) is 7.16. The van der Waals surface area contributed by atoms with E-state index in [-0.39, 0.29) is 11.9 Å². The summed E-state index contributed by atoms with van der Waals surface area (Å²) in [5, 5.41) is 3.47. The number of rotatable bonds is 7. The SMILES string of the molecule is CCC(NCCCN1CCOCC1)c1ccccc1F. The third-order valence-corrected chi connectivity index (χ3v) is 3.83. The van der Waals surface area contributed by atoms with Crippen molar-refractivity contribution in [3.63, 3.8) is 0 Å². The van der Waals surface area contributed by atoms with Gasteiger partial charge in [0.2, 0.25) is 0 Å². The van der Waals surface area contributed by atoms with Crippen LogP contribution in [0.25, 0.3) is 0 Å². The van der Waals surface area contributed by atoms with Gasteiger partial charge in [-0.3, -0.25) is 4.90 Å². The van der Waals surface area contributed by atoms with Crippen molar-refractivity contribution in [3.8, 4) is 0 Å². The van der Waals surface area contributed by atoms with Crippen LogP contribution in [-0.4, -0.2) is 44.3 Å². The number of nitrogens with zero attached hydrogens (tertiary/aromatic N) is 1. The molecule has 1 aromatic carbocycles. The number of halogens is 1. The molecule has 4 heteroatoms. The molecule has 1 fully saturated rings. The average molecular weight is 280 g/mol. The highest BCUT2D eigenvalue weighted by molar-refractivity contribution is 5.21. The summed E-state index contributed by atoms with van der Waals surface area (Å²) in [6.45, 7) is 7.86. The van der Waals surface area contributed by atoms with Gasteiger partial charge in [0.25, 0.3) is 0 Å². The minimum atomic E-state index is -0.111. The molecule has 1 aromatic rings. The maximum atomic E-state index is 13.8. The first-order chi connectivity index (χ1) is 9.81. The Hall–Kier alpha value is -0.970. The highest BCUT2D eigenvalue weighted by Crippen LogP contribution is 2.19. The smallest absolute Gasteiger partial charge is 0.127 e. The van der Waals surface area contributed by atoms with Gasteiger partial charge in [0.05, 0.1) is 13.2 Å². The van der Waals surface area contributed by atoms with Crippen LogP contribution in [0.4, 0.5) is 4.39 Å². The topological polar surface area (TPSA) is 24.5 Å². The predicted octanol–water partition coefficient (Wildman–Crippen LogP) is 2.59. The van der Waals surface area contributed by atoms with Crippen molar-refractivity contribution in [3.05, 3.63) is 35.6 Å². The van der Waals surface area contributed by atoms with Crippen molar-refractivity contribution in [2.24, 2.45) is 0 Å². The Morgan fingerprint density at radius 1 is 1.30 bits per heavy atom. The zero-order valence-electron chi connectivity index (χ0n) is 12.3. The van der Waals surface area contributed by atoms with Crippen LogP contribution in [0, 0.1) is 5.82 Å². The van der Waals surface area contributed by atoms with Crippen molar-refractivity contribution >= 4 is 0 Å². The molecule has 1 aliphatic heterocycles. The number of hydrogen-bond donors (Lipinski definition) is 1. The van der Waals surface area contributed by atoms with Crippen LogP contribution in [-0.2, 0) is 4.74 Å². The Balaban J connectivity index is 1.72. The molecule has 20 heavy (non-hydrogen) atoms. The van der Waals surface area contributed by atoms with E-state index in [2.05, 4.69) is 17.1 Å². The van der Waals surface area contributed by atoms with Gasteiger partial charge < -0.3 is 10.1 Å². The summed E-state index contributed by atoms with van der Waals surface area (Å²) in [7, 11) is 0. The molecule has 1 saturated heterocycles. The Labute approximate surface area is 121 Å². The van der Waals surface area contributed by atoms with Crippen molar-refractivity contribution in [2.75, 3.05) is 39.4 Å². The molecule has 1 heterocycles. The van der Waals surface area contributed by atoms with Crippen LogP contribution in [0.5, 0.6) is 0 Å². The van der Waals surface area contributed by atoms with Gasteiger partial charge >= 0.3 is 0 Å². The van der Waals surface area contributed by atoms with E-state index < -0.39 is 0 Å². The van der Waals surface area contributed by atoms with Crippen LogP contribution < -0.4 is 5.32 Å². The molecule has 0 aliphatic carbocycles. The van der Waals surface area contributed by atoms with E-state index in [4.69, 9.17) is 4.74 Å². The number of nitrogens with one attached hydrogen (secondary N) is 1. The summed E-state index contributed by atoms with van der Waals surface area (Å²) in [4.78, 5) is 2.43. The largest absolute Gasteiger partial charge is 0.379 e. The molecule has 0 radical (unpaired) electrons. The fraction of sp³-hybridized carbons (Fsp3) is 0.625. The molecule has 1 unspecified atom stereocenters. The maximum absolute atomic E-state index is 13.8. The van der Waals surface area contributed by atoms with Crippen LogP contribution in [0.15, 0.2) is 24.3 Å². The minimum Gasteiger partial charge on any atom is -0.379 e. The van der Waals surface area contributed by atoms with E-state index in [1.807, 2.05) is 12.1 Å². The number of hydrogen-bond acceptors (Lipinski definition) is 3. The van der Waals surface area contributed by atoms with Gasteiger partial charge in [-0.1, -0.05) is 25.1 Å². The van der Waals surface area contributed by atoms with Crippen molar-refractivity contribution in [2.45, 2.75) is 25.8 Å². The Bertz CT molecular complexity index is 394. The number of benzene rings is 1. The van der Waals surface area contributed by atoms with Crippen LogP contribution in [0.1, 0.15) is 31.4 Å². The molecule has 1 aliphatic rings. The number of morpholine rings is 1. The highest BCUT2D eigenvalue weighted by Gasteiger charge is 2.13. The van der Waals surface area contributed by atoms with E-state index in [0.29, 0.717) is 0 Å². The Kier molecular flexibility index (Phi) is 6.43. The average Bonchev–Trinajstić information content (AvgIpc) is 2.50. The Morgan fingerprint density at radius 3 is 2.75 bits per heavy atom. The highest BCUT2D eigenvalue weighted by atomic mass is 19.1. The second-order valence-electron chi connectivity index (χ2n) is 5.24. The fourth-order valence-corrected chi connectivity index (χ4v) is 2.64. The molecule has 0 spiro atoms. The standard InChI is InChI=1S/C16H25FN2O/c1-2-16(14-6-3-4-7-15(14)17)18-8-5-9-19-10-12-20-13-11-19/h3-4,6-7,16,18H,2,5,8-13H2,1H3. The molecule has 0 aromatic heterocycles. The lowest BCUT2D eigenvalue weighted by atomic mass is 10.0. The van der Waals surface area contributed by atoms with Gasteiger partial charge in [0.15, 0.2) is 0 Å². The summed E-state index contributed by atoms with van der Waals surface area (Å²) >= 11 is 0. The lowest BCUT2D eigenvalue weighted by Crippen LogP contribution is -2.38. The number of ether oxygens (including phenoxy) is 1. The van der Waals surface area contributed by atoms with E-state index in [9.17, 15) is 4.39 Å². The lowest BCUT2D eigenvalue weighted by Gasteiger charge is -2.27. The molecular weight excluding hydrogens is 255 g/mol. The zero-order valence-corrected chi connectivity index (χ0v) is 12.3. The van der Waals surface area contributed by atoms with E-state index in [0.717, 1.165) is 57.8 Å². The summed E-state index contributed by atoms with van der Waals surface area (Å²) in [5.41, 5.74) is 0.779. The van der Waals surface area contributed by atoms with Crippen LogP contribution >= 0.6 is 0 Å². The molecule has 112 valence electrons. The molecule has 1 N–H and O–H groups in total. The van der Waals surface area contributed by atoms with Gasteiger partial charge in [0, 0.05) is 24.7 Å². The third kappa shape index (κ3) is 4.54. The van der Waals surface area contributed by atoms with Crippen molar-refractivity contribution in [1.82, 2.24) is 10.2 Å². The second kappa shape index (κ2) is 8.35. The van der Waals surface area contributed by atoms with E-state index >= 15 is 0 Å². The fourth-order valence-electron chi connectivity index (χ4n) is 2.64. The molecule has 0 amide bonds. The van der Waals surface area contributed by atoms with Gasteiger partial charge in [-0.2, -0.15) is 0 Å². The van der Waals surface area contributed by atoms with Gasteiger partial charge in [0.1, 0.15) is 5.82 Å². The first kappa shape index (κ1) is 15.4. The molecule has 1 atom stereocenters. The quantitative estimate of drug-likeness (QED) is 0.777. The predicted molar refractivity (Wildman–Crippen MR) is 79.3 cm³/mol. The lowest BCUT2D eigenvalue weighted by molar-refractivity contribution is 0.0374. The van der Waals surface area contributed by atoms with E-state index in [1.54, 1.807) is 6.07 Å². The summed E-state index contributed by atoms with van der Waals surface area (Å²) in [5.74, 6) is -0.111. The van der Waals surface area contributed by atoms with Crippen molar-refractivity contribution < 1.29 is 9.13 Å². The first-order valence-corrected chi connectivity index (χ1v) is 7.59. The minimum absolute atomic E-state index is 0.111. The van der Waals surface area contributed by atoms with Gasteiger partial charge in [-0.15, -0.1) is 0 Å². The third-order valence-electron chi connectivity index (χ3n) is 3.83. The maximum Gasteiger partial charge on any atom is 0.127 e. The van der Waals surface area contributed by atoms with Crippen LogP contribution in [0.2, 0.25) is 0 Å². The molecule has 3 nitrogen and oxygen atoms in total. The molecule has 0 bridgehead atoms. The summed E-state index contributed by atoms with van der Waals surface area (Å²) < 4.78 is 19.1.